The van der Waals surface area contributed by atoms with Gasteiger partial charge in [0.1, 0.15) is 5.75 Å². The number of hydrogen-bond donors (Lipinski definition) is 1. The normalized spacial score (nSPS) is 10.2. The smallest absolute Gasteiger partial charge is 0.310 e. The number of anilines is 1. The van der Waals surface area contributed by atoms with Gasteiger partial charge in [0.2, 0.25) is 0 Å². The van der Waals surface area contributed by atoms with Gasteiger partial charge in [0.15, 0.2) is 6.61 Å². The van der Waals surface area contributed by atoms with Crippen LogP contribution in [0.3, 0.4) is 0 Å². The second-order valence-electron chi connectivity index (χ2n) is 6.08. The van der Waals surface area contributed by atoms with E-state index in [1.165, 1.54) is 0 Å². The molecule has 5 heteroatoms. The molecule has 0 aliphatic carbocycles. The molecule has 0 bridgehead atoms. The second-order valence-corrected chi connectivity index (χ2v) is 6.08. The maximum atomic E-state index is 12.0. The van der Waals surface area contributed by atoms with E-state index < -0.39 is 5.97 Å². The van der Waals surface area contributed by atoms with E-state index >= 15 is 0 Å². The molecular weight excluding hydrogens is 318 g/mol. The van der Waals surface area contributed by atoms with E-state index in [1.54, 1.807) is 7.11 Å². The first-order valence-corrected chi connectivity index (χ1v) is 8.04. The standard InChI is InChI=1S/C20H23NO4/c1-13-5-6-18(24-4)16(8-13)11-20(23)25-12-19(22)21-17-9-14(2)7-15(3)10-17/h5-10H,11-12H2,1-4H3,(H,21,22). The number of esters is 1. The Labute approximate surface area is 148 Å². The van der Waals surface area contributed by atoms with Crippen LogP contribution in [0.1, 0.15) is 22.3 Å². The van der Waals surface area contributed by atoms with Gasteiger partial charge >= 0.3 is 5.97 Å². The summed E-state index contributed by atoms with van der Waals surface area (Å²) >= 11 is 0. The van der Waals surface area contributed by atoms with E-state index in [1.807, 2.05) is 57.2 Å². The molecule has 0 radical (unpaired) electrons. The van der Waals surface area contributed by atoms with Gasteiger partial charge in [0.05, 0.1) is 13.5 Å². The molecule has 0 heterocycles. The predicted molar refractivity (Wildman–Crippen MR) is 96.9 cm³/mol. The molecule has 0 aliphatic rings. The van der Waals surface area contributed by atoms with Crippen LogP contribution in [0.5, 0.6) is 5.75 Å². The van der Waals surface area contributed by atoms with Crippen molar-refractivity contribution in [3.8, 4) is 5.75 Å². The van der Waals surface area contributed by atoms with Crippen LogP contribution in [0.2, 0.25) is 0 Å². The van der Waals surface area contributed by atoms with Crippen molar-refractivity contribution in [2.75, 3.05) is 19.0 Å². The molecule has 0 fully saturated rings. The van der Waals surface area contributed by atoms with E-state index in [4.69, 9.17) is 9.47 Å². The zero-order valence-electron chi connectivity index (χ0n) is 15.0. The monoisotopic (exact) mass is 341 g/mol. The van der Waals surface area contributed by atoms with Gasteiger partial charge in [0, 0.05) is 11.3 Å². The van der Waals surface area contributed by atoms with E-state index in [0.29, 0.717) is 11.4 Å². The van der Waals surface area contributed by atoms with Gasteiger partial charge in [-0.05, 0) is 50.1 Å². The van der Waals surface area contributed by atoms with Crippen LogP contribution in [-0.4, -0.2) is 25.6 Å². The molecule has 25 heavy (non-hydrogen) atoms. The van der Waals surface area contributed by atoms with E-state index in [0.717, 1.165) is 22.3 Å². The minimum Gasteiger partial charge on any atom is -0.496 e. The number of amides is 1. The van der Waals surface area contributed by atoms with Crippen molar-refractivity contribution in [3.05, 3.63) is 58.7 Å². The highest BCUT2D eigenvalue weighted by molar-refractivity contribution is 5.93. The van der Waals surface area contributed by atoms with Crippen molar-refractivity contribution in [1.29, 1.82) is 0 Å². The number of carbonyl (C=O) groups is 2. The lowest BCUT2D eigenvalue weighted by atomic mass is 10.1. The summed E-state index contributed by atoms with van der Waals surface area (Å²) in [4.78, 5) is 24.0. The number of aryl methyl sites for hydroxylation is 3. The number of methoxy groups -OCH3 is 1. The average Bonchev–Trinajstić information content (AvgIpc) is 2.52. The molecule has 1 amide bonds. The minimum absolute atomic E-state index is 0.0572. The van der Waals surface area contributed by atoms with Crippen molar-refractivity contribution < 1.29 is 19.1 Å². The molecule has 132 valence electrons. The van der Waals surface area contributed by atoms with Gasteiger partial charge in [-0.3, -0.25) is 9.59 Å². The molecule has 2 aromatic carbocycles. The molecular formula is C20H23NO4. The number of benzene rings is 2. The van der Waals surface area contributed by atoms with Gasteiger partial charge in [-0.1, -0.05) is 23.8 Å². The lowest BCUT2D eigenvalue weighted by Gasteiger charge is -2.10. The van der Waals surface area contributed by atoms with Crippen LogP contribution in [0.4, 0.5) is 5.69 Å². The number of carbonyl (C=O) groups excluding carboxylic acids is 2. The Morgan fingerprint density at radius 1 is 0.960 bits per heavy atom. The molecule has 5 nitrogen and oxygen atoms in total. The predicted octanol–water partition coefficient (Wildman–Crippen LogP) is 3.34. The first kappa shape index (κ1) is 18.5. The highest BCUT2D eigenvalue weighted by atomic mass is 16.5. The van der Waals surface area contributed by atoms with E-state index in [2.05, 4.69) is 5.32 Å². The topological polar surface area (TPSA) is 64.6 Å². The molecule has 0 aliphatic heterocycles. The fourth-order valence-electron chi connectivity index (χ4n) is 2.64. The van der Waals surface area contributed by atoms with E-state index in [-0.39, 0.29) is 18.9 Å². The third-order valence-corrected chi connectivity index (χ3v) is 3.64. The fraction of sp³-hybridized carbons (Fsp3) is 0.300. The highest BCUT2D eigenvalue weighted by Crippen LogP contribution is 2.20. The Morgan fingerprint density at radius 2 is 1.64 bits per heavy atom. The van der Waals surface area contributed by atoms with Crippen molar-refractivity contribution in [3.63, 3.8) is 0 Å². The van der Waals surface area contributed by atoms with Crippen molar-refractivity contribution in [2.24, 2.45) is 0 Å². The Hall–Kier alpha value is -2.82. The van der Waals surface area contributed by atoms with Gasteiger partial charge in [-0.15, -0.1) is 0 Å². The van der Waals surface area contributed by atoms with Crippen LogP contribution in [0.25, 0.3) is 0 Å². The second kappa shape index (κ2) is 8.33. The molecule has 1 N–H and O–H groups in total. The van der Waals surface area contributed by atoms with Gasteiger partial charge in [0.25, 0.3) is 5.91 Å². The van der Waals surface area contributed by atoms with Crippen LogP contribution < -0.4 is 10.1 Å². The summed E-state index contributed by atoms with van der Waals surface area (Å²) in [6.45, 7) is 5.53. The zero-order chi connectivity index (χ0) is 18.4. The number of hydrogen-bond acceptors (Lipinski definition) is 4. The summed E-state index contributed by atoms with van der Waals surface area (Å²) in [6, 6.07) is 11.3. The molecule has 0 saturated heterocycles. The fourth-order valence-corrected chi connectivity index (χ4v) is 2.64. The third kappa shape index (κ3) is 5.64. The summed E-state index contributed by atoms with van der Waals surface area (Å²) in [7, 11) is 1.55. The molecule has 0 atom stereocenters. The number of ether oxygens (including phenoxy) is 2. The Morgan fingerprint density at radius 3 is 2.28 bits per heavy atom. The minimum atomic E-state index is -0.473. The van der Waals surface area contributed by atoms with Gasteiger partial charge in [-0.2, -0.15) is 0 Å². The number of rotatable bonds is 6. The maximum Gasteiger partial charge on any atom is 0.310 e. The molecule has 0 unspecified atom stereocenters. The van der Waals surface area contributed by atoms with Crippen LogP contribution in [0.15, 0.2) is 36.4 Å². The van der Waals surface area contributed by atoms with Gasteiger partial charge in [-0.25, -0.2) is 0 Å². The summed E-state index contributed by atoms with van der Waals surface area (Å²) in [5, 5.41) is 2.73. The summed E-state index contributed by atoms with van der Waals surface area (Å²) in [6.07, 6.45) is 0.0572. The van der Waals surface area contributed by atoms with Crippen LogP contribution >= 0.6 is 0 Å². The van der Waals surface area contributed by atoms with Crippen molar-refractivity contribution >= 4 is 17.6 Å². The van der Waals surface area contributed by atoms with Gasteiger partial charge < -0.3 is 14.8 Å². The quantitative estimate of drug-likeness (QED) is 0.819. The highest BCUT2D eigenvalue weighted by Gasteiger charge is 2.12. The molecule has 0 saturated carbocycles. The average molecular weight is 341 g/mol. The summed E-state index contributed by atoms with van der Waals surface area (Å²) in [5.74, 6) is -0.212. The zero-order valence-corrected chi connectivity index (χ0v) is 15.0. The van der Waals surface area contributed by atoms with Crippen molar-refractivity contribution in [2.45, 2.75) is 27.2 Å². The Kier molecular flexibility index (Phi) is 6.17. The first-order valence-electron chi connectivity index (χ1n) is 8.04. The maximum absolute atomic E-state index is 12.0. The molecule has 0 aromatic heterocycles. The van der Waals surface area contributed by atoms with Crippen LogP contribution in [0, 0.1) is 20.8 Å². The van der Waals surface area contributed by atoms with Crippen LogP contribution in [-0.2, 0) is 20.7 Å². The third-order valence-electron chi connectivity index (χ3n) is 3.64. The Bertz CT molecular complexity index is 763. The largest absolute Gasteiger partial charge is 0.496 e. The first-order chi connectivity index (χ1) is 11.9. The molecule has 0 spiro atoms. The summed E-state index contributed by atoms with van der Waals surface area (Å²) in [5.41, 5.74) is 4.56. The van der Waals surface area contributed by atoms with E-state index in [9.17, 15) is 9.59 Å². The number of nitrogens with one attached hydrogen (secondary N) is 1. The Balaban J connectivity index is 1.89. The lowest BCUT2D eigenvalue weighted by Crippen LogP contribution is -2.21. The van der Waals surface area contributed by atoms with Crippen molar-refractivity contribution in [1.82, 2.24) is 0 Å². The molecule has 2 aromatic rings. The lowest BCUT2D eigenvalue weighted by molar-refractivity contribution is -0.146. The SMILES string of the molecule is COc1ccc(C)cc1CC(=O)OCC(=O)Nc1cc(C)cc(C)c1. The summed E-state index contributed by atoms with van der Waals surface area (Å²) < 4.78 is 10.3. The molecule has 2 rings (SSSR count).